The quantitative estimate of drug-likeness (QED) is 0.160. The van der Waals surface area contributed by atoms with Gasteiger partial charge in [0.1, 0.15) is 48.0 Å². The number of nitrogens with zero attached hydrogens (tertiary/aromatic N) is 4. The van der Waals surface area contributed by atoms with Crippen molar-refractivity contribution in [2.75, 3.05) is 26.6 Å². The predicted octanol–water partition coefficient (Wildman–Crippen LogP) is 4.12. The molecule has 1 N–H and O–H groups in total. The topological polar surface area (TPSA) is 115 Å². The fraction of sp³-hybridized carbons (Fsp3) is 0.600. The predicted molar refractivity (Wildman–Crippen MR) is 126 cm³/mol. The first-order valence-corrected chi connectivity index (χ1v) is 15.7. The number of amidine groups is 1. The summed E-state index contributed by atoms with van der Waals surface area (Å²) in [6.07, 6.45) is -1.13. The highest BCUT2D eigenvalue weighted by Crippen LogP contribution is 2.67. The van der Waals surface area contributed by atoms with Crippen molar-refractivity contribution < 1.29 is 23.4 Å². The van der Waals surface area contributed by atoms with Gasteiger partial charge in [-0.1, -0.05) is 47.3 Å². The molecular formula is C20H26BrF2N5O3SSi. The van der Waals surface area contributed by atoms with E-state index >= 15 is 0 Å². The van der Waals surface area contributed by atoms with Crippen molar-refractivity contribution in [3.8, 4) is 0 Å². The molecule has 0 saturated heterocycles. The molecule has 1 heterocycles. The van der Waals surface area contributed by atoms with E-state index in [9.17, 15) is 18.7 Å². The Hall–Kier alpha value is -1.66. The van der Waals surface area contributed by atoms with E-state index in [1.54, 1.807) is 0 Å². The number of carbonyl (C=O) groups is 1. The second-order valence-electron chi connectivity index (χ2n) is 9.44. The lowest BCUT2D eigenvalue weighted by atomic mass is 9.85. The van der Waals surface area contributed by atoms with Crippen molar-refractivity contribution in [3.05, 3.63) is 34.1 Å². The molecule has 1 aromatic rings. The SMILES string of the molecule is C[Si](C)(C)CCOCN(C(=O)[O-])C1=N[C@](CF)(c2cc(Br)ccc2F)[C@@H]2C[C@]2(CN=[N+]=N)S1. The van der Waals surface area contributed by atoms with Crippen LogP contribution in [0.1, 0.15) is 12.0 Å². The molecule has 2 aliphatic rings. The van der Waals surface area contributed by atoms with Crippen LogP contribution in [0.3, 0.4) is 0 Å². The zero-order chi connectivity index (χ0) is 24.4. The Bertz CT molecular complexity index is 1010. The third-order valence-electron chi connectivity index (χ3n) is 5.87. The smallest absolute Gasteiger partial charge is 0.214 e. The summed E-state index contributed by atoms with van der Waals surface area (Å²) in [6, 6.07) is 5.02. The lowest BCUT2D eigenvalue weighted by molar-refractivity contribution is -0.263. The largest absolute Gasteiger partial charge is 0.529 e. The third-order valence-corrected chi connectivity index (χ3v) is 9.54. The Balaban J connectivity index is 2.01. The molecule has 0 aromatic heterocycles. The summed E-state index contributed by atoms with van der Waals surface area (Å²) in [4.78, 5) is 20.3. The number of alkyl halides is 1. The van der Waals surface area contributed by atoms with E-state index in [2.05, 4.69) is 50.6 Å². The van der Waals surface area contributed by atoms with Gasteiger partial charge in [-0.3, -0.25) is 4.90 Å². The minimum atomic E-state index is -1.64. The number of amides is 1. The van der Waals surface area contributed by atoms with Gasteiger partial charge in [0.2, 0.25) is 4.91 Å². The lowest BCUT2D eigenvalue weighted by Gasteiger charge is -2.38. The van der Waals surface area contributed by atoms with Crippen molar-refractivity contribution in [2.45, 2.75) is 42.4 Å². The Morgan fingerprint density at radius 2 is 2.24 bits per heavy atom. The molecule has 3 rings (SSSR count). The molecule has 1 aliphatic heterocycles. The van der Waals surface area contributed by atoms with Crippen LogP contribution in [0, 0.1) is 17.3 Å². The fourth-order valence-electron chi connectivity index (χ4n) is 3.93. The van der Waals surface area contributed by atoms with Gasteiger partial charge < -0.3 is 14.6 Å². The Morgan fingerprint density at radius 1 is 1.52 bits per heavy atom. The molecule has 3 atom stereocenters. The second-order valence-corrected chi connectivity index (χ2v) is 17.4. The summed E-state index contributed by atoms with van der Waals surface area (Å²) in [5.41, 5.74) is 5.40. The first-order chi connectivity index (χ1) is 15.5. The third kappa shape index (κ3) is 5.54. The van der Waals surface area contributed by atoms with Gasteiger partial charge in [0.05, 0.1) is 4.75 Å². The molecule has 1 fully saturated rings. The number of aliphatic imine (C=N–C) groups is 1. The van der Waals surface area contributed by atoms with Crippen LogP contribution in [0.25, 0.3) is 0 Å². The molecule has 1 saturated carbocycles. The van der Waals surface area contributed by atoms with Crippen molar-refractivity contribution >= 4 is 47.0 Å². The van der Waals surface area contributed by atoms with E-state index in [-0.39, 0.29) is 24.0 Å². The highest BCUT2D eigenvalue weighted by Gasteiger charge is 2.69. The minimum Gasteiger partial charge on any atom is -0.529 e. The summed E-state index contributed by atoms with van der Waals surface area (Å²) in [5.74, 6) is -1.09. The second kappa shape index (κ2) is 9.91. The molecule has 180 valence electrons. The number of carboxylic acid groups (broad SMARTS) is 1. The van der Waals surface area contributed by atoms with E-state index in [0.29, 0.717) is 17.5 Å². The van der Waals surface area contributed by atoms with E-state index < -0.39 is 42.9 Å². The summed E-state index contributed by atoms with van der Waals surface area (Å²) in [6.45, 7) is 5.58. The van der Waals surface area contributed by atoms with E-state index in [1.165, 1.54) is 18.2 Å². The average molecular weight is 563 g/mol. The summed E-state index contributed by atoms with van der Waals surface area (Å²) in [7, 11) is -1.39. The summed E-state index contributed by atoms with van der Waals surface area (Å²) < 4.78 is 35.1. The standard InChI is InChI=1S/C20H26BrF2N5O3SSi/c1-33(2,3)7-6-31-12-28(18(29)30)17-26-20(10-22,14-8-13(21)4-5-15(14)23)16-9-19(16,32-17)11-25-27-24/h4-5,8,16,24H,6-7,9-12H2,1-3H3/t16-,19-,20-/m1/s1. The van der Waals surface area contributed by atoms with Crippen LogP contribution in [0.2, 0.25) is 25.7 Å². The van der Waals surface area contributed by atoms with Gasteiger partial charge in [-0.2, -0.15) is 0 Å². The molecule has 0 spiro atoms. The van der Waals surface area contributed by atoms with Crippen molar-refractivity contribution in [1.82, 2.24) is 9.81 Å². The van der Waals surface area contributed by atoms with Crippen LogP contribution in [0.4, 0.5) is 13.6 Å². The van der Waals surface area contributed by atoms with Crippen molar-refractivity contribution in [1.29, 1.82) is 5.53 Å². The van der Waals surface area contributed by atoms with Crippen molar-refractivity contribution in [2.24, 2.45) is 16.0 Å². The first kappa shape index (κ1) is 26.0. The van der Waals surface area contributed by atoms with Crippen LogP contribution in [-0.4, -0.2) is 55.5 Å². The van der Waals surface area contributed by atoms with Crippen LogP contribution in [0.5, 0.6) is 0 Å². The molecular weight excluding hydrogens is 536 g/mol. The van der Waals surface area contributed by atoms with Gasteiger partial charge in [-0.25, -0.2) is 13.8 Å². The number of rotatable bonds is 9. The molecule has 0 bridgehead atoms. The van der Waals surface area contributed by atoms with Gasteiger partial charge >= 0.3 is 0 Å². The number of carbonyl (C=O) groups excluding carboxylic acids is 1. The molecule has 0 unspecified atom stereocenters. The number of thioether (sulfide) groups is 1. The van der Waals surface area contributed by atoms with Gasteiger partial charge in [0.25, 0.3) is 0 Å². The molecule has 1 aliphatic carbocycles. The van der Waals surface area contributed by atoms with Crippen LogP contribution >= 0.6 is 27.7 Å². The lowest BCUT2D eigenvalue weighted by Crippen LogP contribution is -2.50. The number of ether oxygens (including phenoxy) is 1. The van der Waals surface area contributed by atoms with Crippen LogP contribution in [-0.2, 0) is 10.3 Å². The van der Waals surface area contributed by atoms with Crippen LogP contribution in [0.15, 0.2) is 32.8 Å². The van der Waals surface area contributed by atoms with Gasteiger partial charge in [0, 0.05) is 30.6 Å². The van der Waals surface area contributed by atoms with Crippen LogP contribution < -0.4 is 10.0 Å². The average Bonchev–Trinajstić information content (AvgIpc) is 3.47. The molecule has 8 nitrogen and oxygen atoms in total. The maximum absolute atomic E-state index is 14.9. The van der Waals surface area contributed by atoms with E-state index in [1.807, 2.05) is 0 Å². The molecule has 33 heavy (non-hydrogen) atoms. The molecule has 0 radical (unpaired) electrons. The number of hydrogen-bond acceptors (Lipinski definition) is 7. The highest BCUT2D eigenvalue weighted by atomic mass is 79.9. The number of fused-ring (bicyclic) bond motifs is 1. The summed E-state index contributed by atoms with van der Waals surface area (Å²) >= 11 is 4.41. The number of halogens is 3. The zero-order valence-corrected chi connectivity index (χ0v) is 22.0. The van der Waals surface area contributed by atoms with Gasteiger partial charge in [-0.15, -0.1) is 0 Å². The maximum Gasteiger partial charge on any atom is 0.214 e. The monoisotopic (exact) mass is 561 g/mol. The van der Waals surface area contributed by atoms with Gasteiger partial charge in [-0.05, 0) is 30.7 Å². The fourth-order valence-corrected chi connectivity index (χ4v) is 6.56. The normalized spacial score (nSPS) is 26.1. The number of hydrogen-bond donors (Lipinski definition) is 1. The summed E-state index contributed by atoms with van der Waals surface area (Å²) in [5, 5.41) is 15.7. The Kier molecular flexibility index (Phi) is 7.79. The molecule has 13 heteroatoms. The molecule has 1 aromatic carbocycles. The molecule has 1 amide bonds. The Morgan fingerprint density at radius 3 is 2.85 bits per heavy atom. The zero-order valence-electron chi connectivity index (χ0n) is 18.6. The van der Waals surface area contributed by atoms with Crippen molar-refractivity contribution in [3.63, 3.8) is 0 Å². The number of benzene rings is 1. The van der Waals surface area contributed by atoms with E-state index in [0.717, 1.165) is 22.7 Å². The minimum absolute atomic E-state index is 0.0322. The Labute approximate surface area is 204 Å². The maximum atomic E-state index is 14.9. The van der Waals surface area contributed by atoms with E-state index in [4.69, 9.17) is 10.3 Å². The highest BCUT2D eigenvalue weighted by molar-refractivity contribution is 9.10. The first-order valence-electron chi connectivity index (χ1n) is 10.4. The number of nitrogens with one attached hydrogen (secondary N) is 1. The van der Waals surface area contributed by atoms with Gasteiger partial charge in [0.15, 0.2) is 5.17 Å².